The smallest absolute Gasteiger partial charge is 0.253 e. The number of hydrogen-bond acceptors (Lipinski definition) is 3. The van der Waals surface area contributed by atoms with Crippen LogP contribution in [0.5, 0.6) is 0 Å². The fourth-order valence-corrected chi connectivity index (χ4v) is 2.44. The monoisotopic (exact) mass is 307 g/mol. The Hall–Kier alpha value is -1.95. The molecule has 0 spiro atoms. The quantitative estimate of drug-likeness (QED) is 0.839. The van der Waals surface area contributed by atoms with Crippen LogP contribution >= 0.6 is 0 Å². The van der Waals surface area contributed by atoms with E-state index in [0.29, 0.717) is 31.7 Å². The Labute approximate surface area is 130 Å². The van der Waals surface area contributed by atoms with Gasteiger partial charge in [0.15, 0.2) is 0 Å². The minimum absolute atomic E-state index is 0.0679. The van der Waals surface area contributed by atoms with Gasteiger partial charge in [0.25, 0.3) is 5.91 Å². The van der Waals surface area contributed by atoms with Gasteiger partial charge < -0.3 is 9.80 Å². The van der Waals surface area contributed by atoms with E-state index >= 15 is 0 Å². The zero-order chi connectivity index (χ0) is 16.1. The molecule has 0 saturated carbocycles. The highest BCUT2D eigenvalue weighted by Gasteiger charge is 2.21. The van der Waals surface area contributed by atoms with E-state index in [4.69, 9.17) is 0 Å². The summed E-state index contributed by atoms with van der Waals surface area (Å²) in [5.74, 6) is -0.361. The summed E-state index contributed by atoms with van der Waals surface area (Å²) in [6.45, 7) is 3.09. The van der Waals surface area contributed by atoms with E-state index in [9.17, 15) is 14.0 Å². The van der Waals surface area contributed by atoms with Gasteiger partial charge in [-0.1, -0.05) is 0 Å². The Bertz CT molecular complexity index is 531. The average molecular weight is 307 g/mol. The first-order valence-electron chi connectivity index (χ1n) is 7.44. The van der Waals surface area contributed by atoms with E-state index < -0.39 is 0 Å². The number of likely N-dealkylation sites (N-methyl/N-ethyl adjacent to an activating group) is 1. The molecular weight excluding hydrogens is 285 g/mol. The number of nitrogens with zero attached hydrogens (tertiary/aromatic N) is 3. The standard InChI is InChI=1S/C16H22FN3O2/c1-18(2)15(21)12-19-8-3-9-20(11-10-19)16(22)13-4-6-14(17)7-5-13/h4-7H,3,8-12H2,1-2H3. The summed E-state index contributed by atoms with van der Waals surface area (Å²) in [7, 11) is 3.48. The summed E-state index contributed by atoms with van der Waals surface area (Å²) in [5, 5.41) is 0. The minimum Gasteiger partial charge on any atom is -0.348 e. The maximum Gasteiger partial charge on any atom is 0.253 e. The summed E-state index contributed by atoms with van der Waals surface area (Å²) in [6.07, 6.45) is 0.827. The van der Waals surface area contributed by atoms with Crippen LogP contribution in [0.25, 0.3) is 0 Å². The lowest BCUT2D eigenvalue weighted by Gasteiger charge is -2.22. The van der Waals surface area contributed by atoms with Crippen LogP contribution in [0.4, 0.5) is 4.39 Å². The van der Waals surface area contributed by atoms with Gasteiger partial charge in [-0.15, -0.1) is 0 Å². The topological polar surface area (TPSA) is 43.9 Å². The van der Waals surface area contributed by atoms with Crippen molar-refractivity contribution in [2.24, 2.45) is 0 Å². The van der Waals surface area contributed by atoms with Crippen LogP contribution in [0.2, 0.25) is 0 Å². The highest BCUT2D eigenvalue weighted by Crippen LogP contribution is 2.10. The van der Waals surface area contributed by atoms with Gasteiger partial charge in [0.05, 0.1) is 6.54 Å². The van der Waals surface area contributed by atoms with Crippen LogP contribution in [-0.2, 0) is 4.79 Å². The van der Waals surface area contributed by atoms with Crippen molar-refractivity contribution in [2.45, 2.75) is 6.42 Å². The van der Waals surface area contributed by atoms with Gasteiger partial charge in [0.1, 0.15) is 5.82 Å². The number of carbonyl (C=O) groups excluding carboxylic acids is 2. The summed E-state index contributed by atoms with van der Waals surface area (Å²) in [5.41, 5.74) is 0.499. The maximum atomic E-state index is 12.9. The first kappa shape index (κ1) is 16.4. The van der Waals surface area contributed by atoms with Gasteiger partial charge >= 0.3 is 0 Å². The highest BCUT2D eigenvalue weighted by molar-refractivity contribution is 5.94. The first-order chi connectivity index (χ1) is 10.5. The zero-order valence-electron chi connectivity index (χ0n) is 13.1. The summed E-state index contributed by atoms with van der Waals surface area (Å²) >= 11 is 0. The molecule has 22 heavy (non-hydrogen) atoms. The molecule has 0 unspecified atom stereocenters. The Morgan fingerprint density at radius 1 is 1.09 bits per heavy atom. The molecule has 2 amide bonds. The molecule has 120 valence electrons. The lowest BCUT2D eigenvalue weighted by Crippen LogP contribution is -2.39. The van der Waals surface area contributed by atoms with Gasteiger partial charge in [-0.25, -0.2) is 4.39 Å². The Balaban J connectivity index is 1.93. The molecule has 0 radical (unpaired) electrons. The molecule has 1 aromatic carbocycles. The molecule has 0 bridgehead atoms. The van der Waals surface area contributed by atoms with Crippen molar-refractivity contribution >= 4 is 11.8 Å². The molecule has 1 aromatic rings. The van der Waals surface area contributed by atoms with Crippen molar-refractivity contribution in [1.29, 1.82) is 0 Å². The molecule has 0 aromatic heterocycles. The molecule has 1 heterocycles. The van der Waals surface area contributed by atoms with E-state index in [2.05, 4.69) is 4.90 Å². The molecule has 0 aliphatic carbocycles. The van der Waals surface area contributed by atoms with Gasteiger partial charge in [0.2, 0.25) is 5.91 Å². The highest BCUT2D eigenvalue weighted by atomic mass is 19.1. The molecule has 5 nitrogen and oxygen atoms in total. The summed E-state index contributed by atoms with van der Waals surface area (Å²) < 4.78 is 12.9. The fourth-order valence-electron chi connectivity index (χ4n) is 2.44. The third kappa shape index (κ3) is 4.27. The third-order valence-corrected chi connectivity index (χ3v) is 3.82. The first-order valence-corrected chi connectivity index (χ1v) is 7.44. The van der Waals surface area contributed by atoms with E-state index in [-0.39, 0.29) is 17.6 Å². The second kappa shape index (κ2) is 7.35. The molecule has 1 aliphatic heterocycles. The predicted octanol–water partition coefficient (Wildman–Crippen LogP) is 1.06. The van der Waals surface area contributed by atoms with Crippen molar-refractivity contribution in [2.75, 3.05) is 46.8 Å². The second-order valence-electron chi connectivity index (χ2n) is 5.72. The lowest BCUT2D eigenvalue weighted by molar-refractivity contribution is -0.129. The van der Waals surface area contributed by atoms with E-state index in [1.165, 1.54) is 24.3 Å². The third-order valence-electron chi connectivity index (χ3n) is 3.82. The molecule has 1 saturated heterocycles. The number of carbonyl (C=O) groups is 2. The molecule has 1 fully saturated rings. The predicted molar refractivity (Wildman–Crippen MR) is 82.1 cm³/mol. The molecule has 2 rings (SSSR count). The van der Waals surface area contributed by atoms with Crippen molar-refractivity contribution in [3.63, 3.8) is 0 Å². The number of hydrogen-bond donors (Lipinski definition) is 0. The molecule has 1 aliphatic rings. The summed E-state index contributed by atoms with van der Waals surface area (Å²) in [4.78, 5) is 29.6. The van der Waals surface area contributed by atoms with Crippen LogP contribution in [0, 0.1) is 5.82 Å². The number of halogens is 1. The van der Waals surface area contributed by atoms with Gasteiger partial charge in [-0.3, -0.25) is 14.5 Å². The van der Waals surface area contributed by atoms with Crippen LogP contribution in [0.1, 0.15) is 16.8 Å². The Morgan fingerprint density at radius 3 is 2.41 bits per heavy atom. The van der Waals surface area contributed by atoms with Gasteiger partial charge in [-0.2, -0.15) is 0 Å². The van der Waals surface area contributed by atoms with Crippen LogP contribution in [-0.4, -0.2) is 73.3 Å². The Morgan fingerprint density at radius 2 is 1.77 bits per heavy atom. The van der Waals surface area contributed by atoms with Gasteiger partial charge in [0, 0.05) is 45.8 Å². The van der Waals surface area contributed by atoms with Crippen LogP contribution in [0.15, 0.2) is 24.3 Å². The summed E-state index contributed by atoms with van der Waals surface area (Å²) in [6, 6.07) is 5.62. The van der Waals surface area contributed by atoms with Crippen LogP contribution < -0.4 is 0 Å². The van der Waals surface area contributed by atoms with Crippen molar-refractivity contribution in [3.05, 3.63) is 35.6 Å². The van der Waals surface area contributed by atoms with Crippen molar-refractivity contribution < 1.29 is 14.0 Å². The zero-order valence-corrected chi connectivity index (χ0v) is 13.1. The largest absolute Gasteiger partial charge is 0.348 e. The minimum atomic E-state index is -0.346. The van der Waals surface area contributed by atoms with E-state index in [0.717, 1.165) is 13.0 Å². The van der Waals surface area contributed by atoms with Crippen LogP contribution in [0.3, 0.4) is 0 Å². The lowest BCUT2D eigenvalue weighted by atomic mass is 10.2. The number of amides is 2. The van der Waals surface area contributed by atoms with E-state index in [1.807, 2.05) is 0 Å². The molecular formula is C16H22FN3O2. The maximum absolute atomic E-state index is 12.9. The second-order valence-corrected chi connectivity index (χ2v) is 5.72. The number of benzene rings is 1. The van der Waals surface area contributed by atoms with Gasteiger partial charge in [-0.05, 0) is 30.7 Å². The number of rotatable bonds is 3. The van der Waals surface area contributed by atoms with Crippen molar-refractivity contribution in [3.8, 4) is 0 Å². The SMILES string of the molecule is CN(C)C(=O)CN1CCCN(C(=O)c2ccc(F)cc2)CC1. The molecule has 6 heteroatoms. The Kier molecular flexibility index (Phi) is 5.49. The van der Waals surface area contributed by atoms with E-state index in [1.54, 1.807) is 23.9 Å². The average Bonchev–Trinajstić information content (AvgIpc) is 2.73. The molecule has 0 N–H and O–H groups in total. The molecule has 0 atom stereocenters. The van der Waals surface area contributed by atoms with Crippen molar-refractivity contribution in [1.82, 2.24) is 14.7 Å². The fraction of sp³-hybridized carbons (Fsp3) is 0.500. The normalized spacial score (nSPS) is 16.2.